The van der Waals surface area contributed by atoms with Crippen molar-refractivity contribution in [3.05, 3.63) is 82.9 Å². The Kier molecular flexibility index (Phi) is 9.08. The molecule has 1 atom stereocenters. The summed E-state index contributed by atoms with van der Waals surface area (Å²) in [4.78, 5) is 0. The zero-order valence-corrected chi connectivity index (χ0v) is 24.5. The molecular formula is C37H45F3. The Bertz CT molecular complexity index is 1260. The van der Waals surface area contributed by atoms with Gasteiger partial charge in [-0.2, -0.15) is 13.2 Å². The van der Waals surface area contributed by atoms with Crippen molar-refractivity contribution in [1.82, 2.24) is 0 Å². The summed E-state index contributed by atoms with van der Waals surface area (Å²) in [5, 5.41) is 0. The number of alkyl halides is 3. The highest BCUT2D eigenvalue weighted by Gasteiger charge is 2.34. The number of unbranched alkanes of at least 4 members (excludes halogenated alkanes) is 2. The van der Waals surface area contributed by atoms with Crippen molar-refractivity contribution in [3.63, 3.8) is 0 Å². The third-order valence-corrected chi connectivity index (χ3v) is 9.79. The van der Waals surface area contributed by atoms with Gasteiger partial charge in [0.1, 0.15) is 0 Å². The van der Waals surface area contributed by atoms with Crippen LogP contribution in [0, 0.1) is 17.8 Å². The minimum Gasteiger partial charge on any atom is -0.166 e. The standard InChI is InChI=1S/C37H45F3/c1-4-5-6-7-26-8-10-28(11-9-26)30-16-17-32-23-33(19-18-31(32)22-30)34-20-21-35(36(24-34)37(38,39)40)29-14-12-27(13-15-29)25(2)3/h12-15,18-21,23-26,28,30H,4-11,16-17,22H2,1-3H3. The van der Waals surface area contributed by atoms with Crippen LogP contribution in [0.2, 0.25) is 0 Å². The van der Waals surface area contributed by atoms with E-state index in [-0.39, 0.29) is 5.56 Å². The van der Waals surface area contributed by atoms with Crippen LogP contribution in [0.5, 0.6) is 0 Å². The molecule has 3 aromatic carbocycles. The second-order valence-corrected chi connectivity index (χ2v) is 12.8. The molecule has 3 heteroatoms. The van der Waals surface area contributed by atoms with Gasteiger partial charge in [0.05, 0.1) is 5.56 Å². The average Bonchev–Trinajstić information content (AvgIpc) is 2.96. The van der Waals surface area contributed by atoms with Crippen LogP contribution in [-0.4, -0.2) is 0 Å². The summed E-state index contributed by atoms with van der Waals surface area (Å²) >= 11 is 0. The van der Waals surface area contributed by atoms with Gasteiger partial charge >= 0.3 is 6.18 Å². The highest BCUT2D eigenvalue weighted by molar-refractivity contribution is 5.75. The van der Waals surface area contributed by atoms with Crippen molar-refractivity contribution in [2.45, 2.75) is 103 Å². The van der Waals surface area contributed by atoms with E-state index in [9.17, 15) is 13.2 Å². The first kappa shape index (κ1) is 29.0. The number of hydrogen-bond donors (Lipinski definition) is 0. The lowest BCUT2D eigenvalue weighted by atomic mass is 9.69. The maximum atomic E-state index is 14.2. The van der Waals surface area contributed by atoms with E-state index in [1.165, 1.54) is 75.0 Å². The molecule has 3 aromatic rings. The molecule has 0 N–H and O–H groups in total. The first-order valence-corrected chi connectivity index (χ1v) is 15.7. The number of halogens is 3. The molecule has 0 bridgehead atoms. The van der Waals surface area contributed by atoms with Gasteiger partial charge < -0.3 is 0 Å². The van der Waals surface area contributed by atoms with Crippen molar-refractivity contribution in [1.29, 1.82) is 0 Å². The van der Waals surface area contributed by atoms with Crippen molar-refractivity contribution in [2.24, 2.45) is 17.8 Å². The Morgan fingerprint density at radius 2 is 1.40 bits per heavy atom. The van der Waals surface area contributed by atoms with Gasteiger partial charge in [-0.15, -0.1) is 0 Å². The molecule has 2 aliphatic rings. The lowest BCUT2D eigenvalue weighted by Crippen LogP contribution is -2.26. The van der Waals surface area contributed by atoms with Gasteiger partial charge in [-0.25, -0.2) is 0 Å². The normalized spacial score (nSPS) is 21.4. The molecule has 5 rings (SSSR count). The first-order valence-electron chi connectivity index (χ1n) is 15.7. The number of rotatable bonds is 8. The van der Waals surface area contributed by atoms with Crippen LogP contribution in [0.15, 0.2) is 60.7 Å². The fourth-order valence-electron chi connectivity index (χ4n) is 7.25. The van der Waals surface area contributed by atoms with Gasteiger partial charge in [0.2, 0.25) is 0 Å². The molecule has 1 unspecified atom stereocenters. The molecule has 40 heavy (non-hydrogen) atoms. The number of aryl methyl sites for hydroxylation is 1. The molecule has 214 valence electrons. The quantitative estimate of drug-likeness (QED) is 0.247. The van der Waals surface area contributed by atoms with Gasteiger partial charge in [0.25, 0.3) is 0 Å². The van der Waals surface area contributed by atoms with Gasteiger partial charge in [0.15, 0.2) is 0 Å². The van der Waals surface area contributed by atoms with E-state index in [0.717, 1.165) is 41.7 Å². The topological polar surface area (TPSA) is 0 Å². The van der Waals surface area contributed by atoms with Crippen LogP contribution < -0.4 is 0 Å². The SMILES string of the molecule is CCCCCC1CCC(C2CCc3cc(-c4ccc(-c5ccc(C(C)C)cc5)c(C(F)(F)F)c4)ccc3C2)CC1. The smallest absolute Gasteiger partial charge is 0.166 e. The van der Waals surface area contributed by atoms with Crippen LogP contribution >= 0.6 is 0 Å². The number of benzene rings is 3. The lowest BCUT2D eigenvalue weighted by Gasteiger charge is -2.36. The highest BCUT2D eigenvalue weighted by Crippen LogP contribution is 2.43. The summed E-state index contributed by atoms with van der Waals surface area (Å²) in [7, 11) is 0. The highest BCUT2D eigenvalue weighted by atomic mass is 19.4. The van der Waals surface area contributed by atoms with Crippen molar-refractivity contribution < 1.29 is 13.2 Å². The van der Waals surface area contributed by atoms with E-state index < -0.39 is 11.7 Å². The third-order valence-electron chi connectivity index (χ3n) is 9.79. The Morgan fingerprint density at radius 3 is 2.08 bits per heavy atom. The van der Waals surface area contributed by atoms with Crippen LogP contribution in [0.1, 0.15) is 107 Å². The number of fused-ring (bicyclic) bond motifs is 1. The minimum atomic E-state index is -4.42. The van der Waals surface area contributed by atoms with E-state index in [1.807, 2.05) is 36.4 Å². The predicted molar refractivity (Wildman–Crippen MR) is 162 cm³/mol. The van der Waals surface area contributed by atoms with E-state index >= 15 is 0 Å². The zero-order valence-electron chi connectivity index (χ0n) is 24.5. The minimum absolute atomic E-state index is 0.243. The molecule has 2 aliphatic carbocycles. The lowest BCUT2D eigenvalue weighted by molar-refractivity contribution is -0.137. The Hall–Kier alpha value is -2.55. The summed E-state index contributed by atoms with van der Waals surface area (Å²) in [6.07, 6.45) is 9.99. The molecular weight excluding hydrogens is 501 g/mol. The van der Waals surface area contributed by atoms with Crippen molar-refractivity contribution in [3.8, 4) is 22.3 Å². The van der Waals surface area contributed by atoms with Gasteiger partial charge in [-0.05, 0) is 101 Å². The van der Waals surface area contributed by atoms with E-state index in [4.69, 9.17) is 0 Å². The monoisotopic (exact) mass is 546 g/mol. The molecule has 0 aromatic heterocycles. The van der Waals surface area contributed by atoms with E-state index in [1.54, 1.807) is 6.07 Å². The summed E-state index contributed by atoms with van der Waals surface area (Å²) in [5.41, 5.74) is 5.66. The fraction of sp³-hybridized carbons (Fsp3) is 0.514. The second kappa shape index (κ2) is 12.5. The second-order valence-electron chi connectivity index (χ2n) is 12.8. The molecule has 0 radical (unpaired) electrons. The average molecular weight is 547 g/mol. The van der Waals surface area contributed by atoms with E-state index in [2.05, 4.69) is 32.9 Å². The summed E-state index contributed by atoms with van der Waals surface area (Å²) in [6, 6.07) is 18.7. The fourth-order valence-corrected chi connectivity index (χ4v) is 7.25. The molecule has 0 spiro atoms. The van der Waals surface area contributed by atoms with Crippen molar-refractivity contribution in [2.75, 3.05) is 0 Å². The van der Waals surface area contributed by atoms with Crippen LogP contribution in [0.3, 0.4) is 0 Å². The van der Waals surface area contributed by atoms with Crippen LogP contribution in [-0.2, 0) is 19.0 Å². The molecule has 0 aliphatic heterocycles. The maximum absolute atomic E-state index is 14.2. The molecule has 0 heterocycles. The summed E-state index contributed by atoms with van der Waals surface area (Å²) in [5.74, 6) is 2.88. The summed E-state index contributed by atoms with van der Waals surface area (Å²) in [6.45, 7) is 6.46. The Morgan fingerprint density at radius 1 is 0.725 bits per heavy atom. The Balaban J connectivity index is 1.30. The molecule has 0 nitrogen and oxygen atoms in total. The molecule has 0 amide bonds. The summed E-state index contributed by atoms with van der Waals surface area (Å²) < 4.78 is 42.7. The zero-order chi connectivity index (χ0) is 28.3. The maximum Gasteiger partial charge on any atom is 0.417 e. The number of hydrogen-bond acceptors (Lipinski definition) is 0. The van der Waals surface area contributed by atoms with Gasteiger partial charge in [-0.3, -0.25) is 0 Å². The van der Waals surface area contributed by atoms with Gasteiger partial charge in [-0.1, -0.05) is 114 Å². The van der Waals surface area contributed by atoms with Crippen LogP contribution in [0.25, 0.3) is 22.3 Å². The molecule has 1 fully saturated rings. The third kappa shape index (κ3) is 6.67. The van der Waals surface area contributed by atoms with E-state index in [0.29, 0.717) is 17.0 Å². The molecule has 0 saturated heterocycles. The van der Waals surface area contributed by atoms with Crippen molar-refractivity contribution >= 4 is 0 Å². The molecule has 1 saturated carbocycles. The first-order chi connectivity index (χ1) is 19.2. The van der Waals surface area contributed by atoms with Gasteiger partial charge in [0, 0.05) is 0 Å². The predicted octanol–water partition coefficient (Wildman–Crippen LogP) is 11.7. The Labute approximate surface area is 239 Å². The van der Waals surface area contributed by atoms with Crippen LogP contribution in [0.4, 0.5) is 13.2 Å². The largest absolute Gasteiger partial charge is 0.417 e.